The third kappa shape index (κ3) is 3.00. The normalized spacial score (nSPS) is 19.0. The summed E-state index contributed by atoms with van der Waals surface area (Å²) in [7, 11) is 1.96. The van der Waals surface area contributed by atoms with Gasteiger partial charge in [-0.25, -0.2) is 4.98 Å². The third-order valence-electron chi connectivity index (χ3n) is 3.30. The average Bonchev–Trinajstić information content (AvgIpc) is 2.30. The van der Waals surface area contributed by atoms with E-state index in [1.165, 1.54) is 5.56 Å². The molecule has 100 valence electrons. The minimum Gasteiger partial charge on any atom is -0.372 e. The van der Waals surface area contributed by atoms with E-state index in [4.69, 9.17) is 9.72 Å². The van der Waals surface area contributed by atoms with Gasteiger partial charge in [-0.05, 0) is 39.4 Å². The quantitative estimate of drug-likeness (QED) is 0.885. The van der Waals surface area contributed by atoms with Crippen LogP contribution in [0, 0.1) is 6.92 Å². The molecule has 0 saturated carbocycles. The fourth-order valence-corrected chi connectivity index (χ4v) is 2.34. The Labute approximate surface area is 109 Å². The van der Waals surface area contributed by atoms with Gasteiger partial charge in [0.05, 0.1) is 12.2 Å². The zero-order chi connectivity index (χ0) is 13.2. The van der Waals surface area contributed by atoms with Crippen LogP contribution < -0.4 is 10.2 Å². The van der Waals surface area contributed by atoms with E-state index in [1.807, 2.05) is 7.05 Å². The van der Waals surface area contributed by atoms with Crippen molar-refractivity contribution >= 4 is 5.82 Å². The number of nitrogens with zero attached hydrogens (tertiary/aromatic N) is 2. The molecule has 0 radical (unpaired) electrons. The number of pyridine rings is 1. The molecule has 0 aliphatic carbocycles. The zero-order valence-electron chi connectivity index (χ0n) is 11.8. The minimum atomic E-state index is -0.0858. The van der Waals surface area contributed by atoms with Gasteiger partial charge in [0.1, 0.15) is 5.82 Å². The van der Waals surface area contributed by atoms with E-state index < -0.39 is 0 Å². The number of rotatable bonds is 3. The predicted octanol–water partition coefficient (Wildman–Crippen LogP) is 1.72. The maximum absolute atomic E-state index is 5.73. The van der Waals surface area contributed by atoms with Gasteiger partial charge in [0, 0.05) is 25.3 Å². The van der Waals surface area contributed by atoms with Gasteiger partial charge in [-0.2, -0.15) is 0 Å². The van der Waals surface area contributed by atoms with Crippen LogP contribution in [-0.4, -0.2) is 37.3 Å². The molecule has 1 aromatic heterocycles. The standard InChI is InChI=1S/C14H23N3O/c1-11-12(9-15-4)5-6-13(16-11)17-7-8-18-14(2,3)10-17/h5-6,15H,7-10H2,1-4H3. The Morgan fingerprint density at radius 2 is 2.22 bits per heavy atom. The highest BCUT2D eigenvalue weighted by molar-refractivity contribution is 5.42. The molecule has 1 aromatic rings. The van der Waals surface area contributed by atoms with E-state index in [2.05, 4.69) is 43.1 Å². The van der Waals surface area contributed by atoms with E-state index >= 15 is 0 Å². The molecule has 0 spiro atoms. The summed E-state index contributed by atoms with van der Waals surface area (Å²) in [5.41, 5.74) is 2.28. The largest absolute Gasteiger partial charge is 0.372 e. The molecule has 1 fully saturated rings. The molecule has 2 rings (SSSR count). The maximum atomic E-state index is 5.73. The van der Waals surface area contributed by atoms with Crippen molar-refractivity contribution in [2.45, 2.75) is 32.9 Å². The Bertz CT molecular complexity index is 418. The Balaban J connectivity index is 2.16. The second kappa shape index (κ2) is 5.24. The Hall–Kier alpha value is -1.13. The van der Waals surface area contributed by atoms with Crippen molar-refractivity contribution < 1.29 is 4.74 Å². The van der Waals surface area contributed by atoms with Gasteiger partial charge in [-0.15, -0.1) is 0 Å². The molecule has 1 saturated heterocycles. The molecule has 0 atom stereocenters. The van der Waals surface area contributed by atoms with Crippen LogP contribution in [0.5, 0.6) is 0 Å². The fourth-order valence-electron chi connectivity index (χ4n) is 2.34. The number of anilines is 1. The lowest BCUT2D eigenvalue weighted by atomic mass is 10.1. The van der Waals surface area contributed by atoms with Crippen LogP contribution in [0.3, 0.4) is 0 Å². The first-order chi connectivity index (χ1) is 8.52. The fraction of sp³-hybridized carbons (Fsp3) is 0.643. The first-order valence-electron chi connectivity index (χ1n) is 6.52. The number of ether oxygens (including phenoxy) is 1. The monoisotopic (exact) mass is 249 g/mol. The zero-order valence-corrected chi connectivity index (χ0v) is 11.8. The van der Waals surface area contributed by atoms with Crippen molar-refractivity contribution in [3.8, 4) is 0 Å². The lowest BCUT2D eigenvalue weighted by molar-refractivity contribution is -0.0279. The topological polar surface area (TPSA) is 37.4 Å². The molecule has 4 nitrogen and oxygen atoms in total. The van der Waals surface area contributed by atoms with Gasteiger partial charge >= 0.3 is 0 Å². The van der Waals surface area contributed by atoms with Crippen LogP contribution in [-0.2, 0) is 11.3 Å². The summed E-state index contributed by atoms with van der Waals surface area (Å²) in [5, 5.41) is 3.16. The van der Waals surface area contributed by atoms with E-state index in [-0.39, 0.29) is 5.60 Å². The van der Waals surface area contributed by atoms with Crippen molar-refractivity contribution in [2.24, 2.45) is 0 Å². The number of aromatic nitrogens is 1. The number of morpholine rings is 1. The Morgan fingerprint density at radius 3 is 2.83 bits per heavy atom. The molecule has 18 heavy (non-hydrogen) atoms. The molecule has 0 amide bonds. The highest BCUT2D eigenvalue weighted by atomic mass is 16.5. The summed E-state index contributed by atoms with van der Waals surface area (Å²) in [6.45, 7) is 9.77. The molecule has 4 heteroatoms. The first kappa shape index (κ1) is 13.3. The first-order valence-corrected chi connectivity index (χ1v) is 6.52. The lowest BCUT2D eigenvalue weighted by Gasteiger charge is -2.39. The summed E-state index contributed by atoms with van der Waals surface area (Å²) in [6, 6.07) is 4.28. The van der Waals surface area contributed by atoms with Crippen molar-refractivity contribution in [3.63, 3.8) is 0 Å². The molecule has 1 aliphatic heterocycles. The highest BCUT2D eigenvalue weighted by Gasteiger charge is 2.27. The Kier molecular flexibility index (Phi) is 3.88. The predicted molar refractivity (Wildman–Crippen MR) is 74.0 cm³/mol. The van der Waals surface area contributed by atoms with E-state index in [1.54, 1.807) is 0 Å². The SMILES string of the molecule is CNCc1ccc(N2CCOC(C)(C)C2)nc1C. The van der Waals surface area contributed by atoms with Crippen LogP contribution in [0.1, 0.15) is 25.1 Å². The number of hydrogen-bond acceptors (Lipinski definition) is 4. The number of hydrogen-bond donors (Lipinski definition) is 1. The Morgan fingerprint density at radius 1 is 1.44 bits per heavy atom. The molecule has 1 aliphatic rings. The summed E-state index contributed by atoms with van der Waals surface area (Å²) < 4.78 is 5.73. The lowest BCUT2D eigenvalue weighted by Crippen LogP contribution is -2.48. The van der Waals surface area contributed by atoms with Crippen molar-refractivity contribution in [3.05, 3.63) is 23.4 Å². The van der Waals surface area contributed by atoms with Crippen molar-refractivity contribution in [1.29, 1.82) is 0 Å². The van der Waals surface area contributed by atoms with E-state index in [0.29, 0.717) is 0 Å². The van der Waals surface area contributed by atoms with Crippen LogP contribution in [0.25, 0.3) is 0 Å². The van der Waals surface area contributed by atoms with Gasteiger partial charge in [0.2, 0.25) is 0 Å². The van der Waals surface area contributed by atoms with Gasteiger partial charge < -0.3 is 15.0 Å². The average molecular weight is 249 g/mol. The molecular weight excluding hydrogens is 226 g/mol. The summed E-state index contributed by atoms with van der Waals surface area (Å²) in [6.07, 6.45) is 0. The van der Waals surface area contributed by atoms with E-state index in [0.717, 1.165) is 37.8 Å². The van der Waals surface area contributed by atoms with Gasteiger partial charge in [0.15, 0.2) is 0 Å². The molecule has 0 aromatic carbocycles. The molecule has 1 N–H and O–H groups in total. The van der Waals surface area contributed by atoms with Gasteiger partial charge in [-0.3, -0.25) is 0 Å². The highest BCUT2D eigenvalue weighted by Crippen LogP contribution is 2.22. The van der Waals surface area contributed by atoms with E-state index in [9.17, 15) is 0 Å². The molecule has 0 unspecified atom stereocenters. The molecule has 0 bridgehead atoms. The van der Waals surface area contributed by atoms with Gasteiger partial charge in [-0.1, -0.05) is 6.07 Å². The second-order valence-electron chi connectivity index (χ2n) is 5.47. The van der Waals surface area contributed by atoms with Crippen LogP contribution >= 0.6 is 0 Å². The van der Waals surface area contributed by atoms with Crippen LogP contribution in [0.2, 0.25) is 0 Å². The number of nitrogens with one attached hydrogen (secondary N) is 1. The minimum absolute atomic E-state index is 0.0858. The van der Waals surface area contributed by atoms with Crippen molar-refractivity contribution in [1.82, 2.24) is 10.3 Å². The van der Waals surface area contributed by atoms with Crippen LogP contribution in [0.4, 0.5) is 5.82 Å². The number of aryl methyl sites for hydroxylation is 1. The maximum Gasteiger partial charge on any atom is 0.128 e. The summed E-state index contributed by atoms with van der Waals surface area (Å²) in [5.74, 6) is 1.06. The second-order valence-corrected chi connectivity index (χ2v) is 5.47. The summed E-state index contributed by atoms with van der Waals surface area (Å²) >= 11 is 0. The van der Waals surface area contributed by atoms with Gasteiger partial charge in [0.25, 0.3) is 0 Å². The molecule has 2 heterocycles. The van der Waals surface area contributed by atoms with Crippen LogP contribution in [0.15, 0.2) is 12.1 Å². The smallest absolute Gasteiger partial charge is 0.128 e. The third-order valence-corrected chi connectivity index (χ3v) is 3.30. The summed E-state index contributed by atoms with van der Waals surface area (Å²) in [4.78, 5) is 7.02. The molecular formula is C14H23N3O. The van der Waals surface area contributed by atoms with Crippen molar-refractivity contribution in [2.75, 3.05) is 31.6 Å².